The number of piperidine rings is 1. The molecule has 0 bridgehead atoms. The summed E-state index contributed by atoms with van der Waals surface area (Å²) >= 11 is 0. The van der Waals surface area contributed by atoms with Gasteiger partial charge in [0.1, 0.15) is 0 Å². The van der Waals surface area contributed by atoms with E-state index >= 15 is 0 Å². The average Bonchev–Trinajstić information content (AvgIpc) is 1.90. The van der Waals surface area contributed by atoms with E-state index in [1.807, 2.05) is 0 Å². The van der Waals surface area contributed by atoms with E-state index in [1.165, 1.54) is 32.4 Å². The first-order valence-corrected chi connectivity index (χ1v) is 3.64. The van der Waals surface area contributed by atoms with Gasteiger partial charge in [-0.3, -0.25) is 0 Å². The number of nitrogens with one attached hydrogen (secondary N) is 1. The van der Waals surface area contributed by atoms with Gasteiger partial charge in [-0.2, -0.15) is 0 Å². The van der Waals surface area contributed by atoms with Crippen LogP contribution in [0.5, 0.6) is 0 Å². The minimum absolute atomic E-state index is 0. The summed E-state index contributed by atoms with van der Waals surface area (Å²) in [7, 11) is 0. The number of rotatable bonds is 1. The second-order valence-corrected chi connectivity index (χ2v) is 2.62. The maximum absolute atomic E-state index is 3.39. The van der Waals surface area contributed by atoms with Crippen LogP contribution in [0.1, 0.15) is 33.6 Å². The lowest BCUT2D eigenvalue weighted by atomic mass is 9.97. The summed E-state index contributed by atoms with van der Waals surface area (Å²) < 4.78 is 0. The van der Waals surface area contributed by atoms with E-state index in [9.17, 15) is 0 Å². The lowest BCUT2D eigenvalue weighted by Crippen LogP contribution is -2.29. The van der Waals surface area contributed by atoms with Crippen molar-refractivity contribution in [1.82, 2.24) is 5.32 Å². The molecule has 1 nitrogen and oxygen atoms in total. The molecule has 0 aromatic heterocycles. The fraction of sp³-hybridized carbons (Fsp3) is 1.00. The van der Waals surface area contributed by atoms with Crippen molar-refractivity contribution < 1.29 is 0 Å². The largest absolute Gasteiger partial charge is 0.316 e. The zero-order valence-corrected chi connectivity index (χ0v) is 5.61. The maximum atomic E-state index is 3.39. The van der Waals surface area contributed by atoms with Crippen LogP contribution in [0, 0.1) is 5.92 Å². The predicted octanol–water partition coefficient (Wildman–Crippen LogP) is 2.03. The molecule has 0 radical (unpaired) electrons. The SMILES string of the molecule is C.CCC1CCCNC1. The Bertz CT molecular complexity index is 55.6. The fourth-order valence-corrected chi connectivity index (χ4v) is 1.27. The summed E-state index contributed by atoms with van der Waals surface area (Å²) in [6, 6.07) is 0. The first kappa shape index (κ1) is 8.96. The second-order valence-electron chi connectivity index (χ2n) is 2.62. The van der Waals surface area contributed by atoms with E-state index < -0.39 is 0 Å². The minimum atomic E-state index is 0. The van der Waals surface area contributed by atoms with Gasteiger partial charge in [0.15, 0.2) is 0 Å². The van der Waals surface area contributed by atoms with Crippen molar-refractivity contribution in [2.75, 3.05) is 13.1 Å². The van der Waals surface area contributed by atoms with Crippen molar-refractivity contribution in [3.05, 3.63) is 0 Å². The highest BCUT2D eigenvalue weighted by Crippen LogP contribution is 2.12. The first-order valence-electron chi connectivity index (χ1n) is 3.64. The molecule has 0 aromatic carbocycles. The standard InChI is InChI=1S/C7H15N.CH4/c1-2-7-4-3-5-8-6-7;/h7-8H,2-6H2,1H3;1H4. The summed E-state index contributed by atoms with van der Waals surface area (Å²) in [6.45, 7) is 4.78. The van der Waals surface area contributed by atoms with Gasteiger partial charge in [-0.15, -0.1) is 0 Å². The van der Waals surface area contributed by atoms with Gasteiger partial charge in [-0.1, -0.05) is 20.8 Å². The van der Waals surface area contributed by atoms with Crippen LogP contribution >= 0.6 is 0 Å². The van der Waals surface area contributed by atoms with Crippen molar-refractivity contribution >= 4 is 0 Å². The lowest BCUT2D eigenvalue weighted by molar-refractivity contribution is 0.369. The molecule has 1 heteroatoms. The molecular weight excluding hydrogens is 110 g/mol. The van der Waals surface area contributed by atoms with Crippen LogP contribution in [-0.2, 0) is 0 Å². The summed E-state index contributed by atoms with van der Waals surface area (Å²) in [5.41, 5.74) is 0. The fourth-order valence-electron chi connectivity index (χ4n) is 1.27. The Kier molecular flexibility index (Phi) is 4.78. The minimum Gasteiger partial charge on any atom is -0.316 e. The van der Waals surface area contributed by atoms with Gasteiger partial charge in [0.2, 0.25) is 0 Å². The topological polar surface area (TPSA) is 12.0 Å². The van der Waals surface area contributed by atoms with E-state index in [1.54, 1.807) is 0 Å². The quantitative estimate of drug-likeness (QED) is 0.571. The van der Waals surface area contributed by atoms with E-state index in [2.05, 4.69) is 12.2 Å². The van der Waals surface area contributed by atoms with E-state index in [4.69, 9.17) is 0 Å². The van der Waals surface area contributed by atoms with Crippen molar-refractivity contribution in [2.45, 2.75) is 33.6 Å². The van der Waals surface area contributed by atoms with Gasteiger partial charge in [0.05, 0.1) is 0 Å². The predicted molar refractivity (Wildman–Crippen MR) is 42.6 cm³/mol. The average molecular weight is 129 g/mol. The van der Waals surface area contributed by atoms with Crippen LogP contribution < -0.4 is 5.32 Å². The van der Waals surface area contributed by atoms with Gasteiger partial charge in [0.25, 0.3) is 0 Å². The van der Waals surface area contributed by atoms with Crippen LogP contribution in [0.2, 0.25) is 0 Å². The van der Waals surface area contributed by atoms with Gasteiger partial charge in [0, 0.05) is 0 Å². The highest BCUT2D eigenvalue weighted by Gasteiger charge is 2.08. The molecule has 1 saturated heterocycles. The smallest absolute Gasteiger partial charge is 0.00206 e. The third kappa shape index (κ3) is 2.85. The van der Waals surface area contributed by atoms with Crippen LogP contribution in [-0.4, -0.2) is 13.1 Å². The molecule has 1 aliphatic heterocycles. The van der Waals surface area contributed by atoms with Crippen molar-refractivity contribution in [2.24, 2.45) is 5.92 Å². The molecule has 0 aromatic rings. The zero-order valence-electron chi connectivity index (χ0n) is 5.61. The molecule has 0 spiro atoms. The van der Waals surface area contributed by atoms with Crippen LogP contribution in [0.25, 0.3) is 0 Å². The van der Waals surface area contributed by atoms with Crippen molar-refractivity contribution in [1.29, 1.82) is 0 Å². The summed E-state index contributed by atoms with van der Waals surface area (Å²) in [5, 5.41) is 3.39. The Hall–Kier alpha value is -0.0400. The molecule has 1 aliphatic rings. The third-order valence-electron chi connectivity index (χ3n) is 1.98. The van der Waals surface area contributed by atoms with Gasteiger partial charge < -0.3 is 5.32 Å². The second kappa shape index (κ2) is 4.80. The van der Waals surface area contributed by atoms with Gasteiger partial charge >= 0.3 is 0 Å². The molecule has 1 N–H and O–H groups in total. The Labute approximate surface area is 58.8 Å². The Morgan fingerprint density at radius 1 is 1.56 bits per heavy atom. The molecule has 1 fully saturated rings. The van der Waals surface area contributed by atoms with E-state index in [-0.39, 0.29) is 7.43 Å². The summed E-state index contributed by atoms with van der Waals surface area (Å²) in [5.74, 6) is 0.976. The lowest BCUT2D eigenvalue weighted by Gasteiger charge is -2.20. The number of hydrogen-bond acceptors (Lipinski definition) is 1. The Morgan fingerprint density at radius 2 is 2.33 bits per heavy atom. The normalized spacial score (nSPS) is 27.0. The summed E-state index contributed by atoms with van der Waals surface area (Å²) in [4.78, 5) is 0. The molecule has 0 saturated carbocycles. The Morgan fingerprint density at radius 3 is 2.67 bits per heavy atom. The maximum Gasteiger partial charge on any atom is -0.00206 e. The van der Waals surface area contributed by atoms with Crippen LogP contribution in [0.3, 0.4) is 0 Å². The van der Waals surface area contributed by atoms with Gasteiger partial charge in [-0.05, 0) is 31.8 Å². The van der Waals surface area contributed by atoms with E-state index in [0.29, 0.717) is 0 Å². The van der Waals surface area contributed by atoms with Crippen LogP contribution in [0.4, 0.5) is 0 Å². The number of hydrogen-bond donors (Lipinski definition) is 1. The van der Waals surface area contributed by atoms with Gasteiger partial charge in [-0.25, -0.2) is 0 Å². The third-order valence-corrected chi connectivity index (χ3v) is 1.98. The molecule has 9 heavy (non-hydrogen) atoms. The summed E-state index contributed by atoms with van der Waals surface area (Å²) in [6.07, 6.45) is 4.19. The molecule has 1 unspecified atom stereocenters. The van der Waals surface area contributed by atoms with E-state index in [0.717, 1.165) is 5.92 Å². The van der Waals surface area contributed by atoms with Crippen molar-refractivity contribution in [3.8, 4) is 0 Å². The zero-order chi connectivity index (χ0) is 5.82. The van der Waals surface area contributed by atoms with Crippen LogP contribution in [0.15, 0.2) is 0 Å². The molecule has 0 aliphatic carbocycles. The Balaban J connectivity index is 0.000000640. The molecule has 56 valence electrons. The molecule has 1 rings (SSSR count). The highest BCUT2D eigenvalue weighted by molar-refractivity contribution is 4.66. The molecule has 1 heterocycles. The monoisotopic (exact) mass is 129 g/mol. The molecular formula is C8H19N. The highest BCUT2D eigenvalue weighted by atomic mass is 14.9. The first-order chi connectivity index (χ1) is 3.93. The van der Waals surface area contributed by atoms with Crippen molar-refractivity contribution in [3.63, 3.8) is 0 Å². The molecule has 0 amide bonds. The molecule has 1 atom stereocenters.